The van der Waals surface area contributed by atoms with Crippen LogP contribution in [-0.4, -0.2) is 17.0 Å². The van der Waals surface area contributed by atoms with Gasteiger partial charge in [0.1, 0.15) is 5.56 Å². The van der Waals surface area contributed by atoms with Gasteiger partial charge in [-0.1, -0.05) is 6.92 Å². The molecule has 3 nitrogen and oxygen atoms in total. The van der Waals surface area contributed by atoms with E-state index >= 15 is 0 Å². The molecule has 2 aliphatic rings. The van der Waals surface area contributed by atoms with Crippen LogP contribution in [0.15, 0.2) is 21.5 Å². The number of rotatable bonds is 3. The van der Waals surface area contributed by atoms with Gasteiger partial charge in [-0.3, -0.25) is 0 Å². The SMILES string of the molecule is CC(Sc1ccc(Br)c2c1C(=O)OC(C)(C)O2)C1CC1. The number of ether oxygens (including phenoxy) is 2. The number of halogens is 1. The average Bonchev–Trinajstić information content (AvgIpc) is 3.15. The van der Waals surface area contributed by atoms with Crippen molar-refractivity contribution >= 4 is 33.7 Å². The molecular formula is C15H17BrO3S. The van der Waals surface area contributed by atoms with E-state index < -0.39 is 5.79 Å². The van der Waals surface area contributed by atoms with Crippen LogP contribution in [0.25, 0.3) is 0 Å². The lowest BCUT2D eigenvalue weighted by atomic mass is 10.1. The minimum Gasteiger partial charge on any atom is -0.451 e. The first kappa shape index (κ1) is 14.3. The molecule has 0 spiro atoms. The summed E-state index contributed by atoms with van der Waals surface area (Å²) in [5, 5.41) is 0.517. The molecule has 1 unspecified atom stereocenters. The van der Waals surface area contributed by atoms with Crippen molar-refractivity contribution in [3.05, 3.63) is 22.2 Å². The Labute approximate surface area is 131 Å². The number of hydrogen-bond acceptors (Lipinski definition) is 4. The Kier molecular flexibility index (Phi) is 3.53. The predicted octanol–water partition coefficient (Wildman–Crippen LogP) is 4.63. The normalized spacial score (nSPS) is 21.7. The van der Waals surface area contributed by atoms with Crippen molar-refractivity contribution in [1.29, 1.82) is 0 Å². The van der Waals surface area contributed by atoms with E-state index in [9.17, 15) is 4.79 Å². The molecule has 108 valence electrons. The first-order valence-electron chi connectivity index (χ1n) is 6.79. The number of thioether (sulfide) groups is 1. The zero-order valence-corrected chi connectivity index (χ0v) is 14.1. The van der Waals surface area contributed by atoms with Gasteiger partial charge in [-0.25, -0.2) is 4.79 Å². The van der Waals surface area contributed by atoms with Crippen molar-refractivity contribution in [2.75, 3.05) is 0 Å². The van der Waals surface area contributed by atoms with Crippen LogP contribution < -0.4 is 4.74 Å². The largest absolute Gasteiger partial charge is 0.451 e. The van der Waals surface area contributed by atoms with E-state index in [1.165, 1.54) is 12.8 Å². The molecule has 0 saturated heterocycles. The van der Waals surface area contributed by atoms with E-state index in [4.69, 9.17) is 9.47 Å². The molecule has 1 aromatic carbocycles. The fraction of sp³-hybridized carbons (Fsp3) is 0.533. The highest BCUT2D eigenvalue weighted by Gasteiger charge is 2.38. The molecule has 1 fully saturated rings. The maximum absolute atomic E-state index is 12.3. The lowest BCUT2D eigenvalue weighted by molar-refractivity contribution is -0.128. The summed E-state index contributed by atoms with van der Waals surface area (Å²) in [7, 11) is 0. The molecule has 1 atom stereocenters. The van der Waals surface area contributed by atoms with Crippen molar-refractivity contribution < 1.29 is 14.3 Å². The third-order valence-electron chi connectivity index (χ3n) is 3.56. The third-order valence-corrected chi connectivity index (χ3v) is 5.54. The molecule has 5 heteroatoms. The summed E-state index contributed by atoms with van der Waals surface area (Å²) in [5.41, 5.74) is 0.552. The van der Waals surface area contributed by atoms with Gasteiger partial charge in [0.25, 0.3) is 0 Å². The van der Waals surface area contributed by atoms with Crippen LogP contribution in [-0.2, 0) is 4.74 Å². The van der Waals surface area contributed by atoms with Crippen molar-refractivity contribution in [2.24, 2.45) is 5.92 Å². The molecule has 3 rings (SSSR count). The van der Waals surface area contributed by atoms with Gasteiger partial charge in [-0.15, -0.1) is 11.8 Å². The van der Waals surface area contributed by atoms with Crippen LogP contribution in [0.1, 0.15) is 44.0 Å². The summed E-state index contributed by atoms with van der Waals surface area (Å²) < 4.78 is 12.0. The summed E-state index contributed by atoms with van der Waals surface area (Å²) in [6, 6.07) is 3.91. The summed E-state index contributed by atoms with van der Waals surface area (Å²) in [4.78, 5) is 13.3. The Balaban J connectivity index is 1.98. The van der Waals surface area contributed by atoms with Crippen molar-refractivity contribution in [3.8, 4) is 5.75 Å². The van der Waals surface area contributed by atoms with Crippen LogP contribution in [0.2, 0.25) is 0 Å². The molecule has 0 amide bonds. The van der Waals surface area contributed by atoms with Gasteiger partial charge in [0.15, 0.2) is 5.75 Å². The quantitative estimate of drug-likeness (QED) is 0.584. The molecular weight excluding hydrogens is 340 g/mol. The standard InChI is InChI=1S/C15H17BrO3S/c1-8(9-4-5-9)20-11-7-6-10(16)13-12(11)14(17)19-15(2,3)18-13/h6-9H,4-5H2,1-3H3. The van der Waals surface area contributed by atoms with Crippen LogP contribution in [0.5, 0.6) is 5.75 Å². The minimum atomic E-state index is -0.919. The number of carbonyl (C=O) groups excluding carboxylic acids is 1. The fourth-order valence-corrected chi connectivity index (χ4v) is 4.05. The predicted molar refractivity (Wildman–Crippen MR) is 82.3 cm³/mol. The lowest BCUT2D eigenvalue weighted by Gasteiger charge is -2.33. The van der Waals surface area contributed by atoms with Gasteiger partial charge in [0.2, 0.25) is 5.79 Å². The summed E-state index contributed by atoms with van der Waals surface area (Å²) >= 11 is 5.20. The molecule has 0 aromatic heterocycles. The van der Waals surface area contributed by atoms with Gasteiger partial charge in [-0.2, -0.15) is 0 Å². The summed E-state index contributed by atoms with van der Waals surface area (Å²) in [5.74, 6) is 0.149. The third kappa shape index (κ3) is 2.70. The van der Waals surface area contributed by atoms with E-state index in [0.29, 0.717) is 16.6 Å². The second-order valence-electron chi connectivity index (χ2n) is 5.80. The van der Waals surface area contributed by atoms with Gasteiger partial charge in [0.05, 0.1) is 4.47 Å². The Hall–Kier alpha value is -0.680. The van der Waals surface area contributed by atoms with Gasteiger partial charge in [-0.05, 0) is 46.8 Å². The lowest BCUT2D eigenvalue weighted by Crippen LogP contribution is -2.39. The monoisotopic (exact) mass is 356 g/mol. The van der Waals surface area contributed by atoms with E-state index in [0.717, 1.165) is 15.3 Å². The van der Waals surface area contributed by atoms with Crippen LogP contribution >= 0.6 is 27.7 Å². The van der Waals surface area contributed by atoms with Crippen molar-refractivity contribution in [1.82, 2.24) is 0 Å². The highest BCUT2D eigenvalue weighted by Crippen LogP contribution is 2.46. The first-order valence-corrected chi connectivity index (χ1v) is 8.46. The number of fused-ring (bicyclic) bond motifs is 1. The number of benzene rings is 1. The van der Waals surface area contributed by atoms with E-state index in [-0.39, 0.29) is 5.97 Å². The Morgan fingerprint density at radius 3 is 2.70 bits per heavy atom. The van der Waals surface area contributed by atoms with Crippen molar-refractivity contribution in [3.63, 3.8) is 0 Å². The van der Waals surface area contributed by atoms with Crippen LogP contribution in [0.3, 0.4) is 0 Å². The maximum atomic E-state index is 12.3. The summed E-state index contributed by atoms with van der Waals surface area (Å²) in [6.45, 7) is 5.70. The zero-order valence-electron chi connectivity index (χ0n) is 11.7. The van der Waals surface area contributed by atoms with E-state index in [2.05, 4.69) is 22.9 Å². The minimum absolute atomic E-state index is 0.303. The number of carbonyl (C=O) groups is 1. The Morgan fingerprint density at radius 2 is 2.05 bits per heavy atom. The number of esters is 1. The molecule has 20 heavy (non-hydrogen) atoms. The first-order chi connectivity index (χ1) is 9.37. The Morgan fingerprint density at radius 1 is 1.35 bits per heavy atom. The molecule has 1 heterocycles. The smallest absolute Gasteiger partial charge is 0.346 e. The van der Waals surface area contributed by atoms with Crippen LogP contribution in [0.4, 0.5) is 0 Å². The molecule has 1 aliphatic heterocycles. The second-order valence-corrected chi connectivity index (χ2v) is 8.07. The molecule has 0 N–H and O–H groups in total. The van der Waals surface area contributed by atoms with E-state index in [1.54, 1.807) is 25.6 Å². The molecule has 0 radical (unpaired) electrons. The molecule has 1 aromatic rings. The van der Waals surface area contributed by atoms with E-state index in [1.807, 2.05) is 12.1 Å². The van der Waals surface area contributed by atoms with Gasteiger partial charge < -0.3 is 9.47 Å². The summed E-state index contributed by atoms with van der Waals surface area (Å²) in [6.07, 6.45) is 2.59. The highest BCUT2D eigenvalue weighted by atomic mass is 79.9. The molecule has 0 bridgehead atoms. The number of hydrogen-bond donors (Lipinski definition) is 0. The zero-order chi connectivity index (χ0) is 14.5. The van der Waals surface area contributed by atoms with Gasteiger partial charge in [0, 0.05) is 24.0 Å². The maximum Gasteiger partial charge on any atom is 0.346 e. The fourth-order valence-electron chi connectivity index (χ4n) is 2.33. The van der Waals surface area contributed by atoms with Crippen LogP contribution in [0, 0.1) is 5.92 Å². The average molecular weight is 357 g/mol. The highest BCUT2D eigenvalue weighted by molar-refractivity contribution is 9.10. The topological polar surface area (TPSA) is 35.5 Å². The molecule has 1 aliphatic carbocycles. The molecule has 1 saturated carbocycles. The second kappa shape index (κ2) is 4.95. The number of cyclic esters (lactones) is 1. The Bertz CT molecular complexity index is 566. The van der Waals surface area contributed by atoms with Crippen molar-refractivity contribution in [2.45, 2.75) is 49.5 Å². The van der Waals surface area contributed by atoms with Gasteiger partial charge >= 0.3 is 5.97 Å².